The van der Waals surface area contributed by atoms with E-state index in [0.29, 0.717) is 0 Å². The van der Waals surface area contributed by atoms with Gasteiger partial charge in [-0.2, -0.15) is 0 Å². The van der Waals surface area contributed by atoms with Crippen LogP contribution in [0.1, 0.15) is 0 Å². The van der Waals surface area contributed by atoms with Gasteiger partial charge in [0.2, 0.25) is 0 Å². The molecule has 0 bridgehead atoms. The van der Waals surface area contributed by atoms with Gasteiger partial charge in [-0.1, -0.05) is 152 Å². The maximum Gasteiger partial charge on any atom is 0.0620 e. The lowest BCUT2D eigenvalue weighted by Crippen LogP contribution is -1.88. The first-order valence-corrected chi connectivity index (χ1v) is 16.9. The first-order valence-electron chi connectivity index (χ1n) is 16.9. The molecule has 0 saturated carbocycles. The minimum atomic E-state index is 1.21. The van der Waals surface area contributed by atoms with Crippen molar-refractivity contribution >= 4 is 38.1 Å². The molecule has 0 radical (unpaired) electrons. The largest absolute Gasteiger partial charge is 0.308 e. The van der Waals surface area contributed by atoms with Gasteiger partial charge in [0.15, 0.2) is 0 Å². The maximum absolute atomic E-state index is 2.45. The van der Waals surface area contributed by atoms with Crippen LogP contribution in [0.15, 0.2) is 188 Å². The molecular weight excluding hydrogens is 591 g/mol. The summed E-state index contributed by atoms with van der Waals surface area (Å²) in [6, 6.07) is 68.7. The summed E-state index contributed by atoms with van der Waals surface area (Å²) in [5, 5.41) is 5.21. The van der Waals surface area contributed by atoms with E-state index >= 15 is 0 Å². The Morgan fingerprint density at radius 3 is 1.18 bits per heavy atom. The van der Waals surface area contributed by atoms with E-state index in [-0.39, 0.29) is 0 Å². The molecule has 0 atom stereocenters. The fraction of sp³-hybridized carbons (Fsp3) is 0. The van der Waals surface area contributed by atoms with Gasteiger partial charge < -0.3 is 4.40 Å². The highest BCUT2D eigenvalue weighted by atomic mass is 14.9. The average molecular weight is 622 g/mol. The van der Waals surface area contributed by atoms with E-state index in [4.69, 9.17) is 0 Å². The number of benzene rings is 8. The molecule has 0 spiro atoms. The molecule has 10 rings (SSSR count). The molecule has 49 heavy (non-hydrogen) atoms. The lowest BCUT2D eigenvalue weighted by atomic mass is 9.91. The summed E-state index contributed by atoms with van der Waals surface area (Å²) in [6.07, 6.45) is 0. The Kier molecular flexibility index (Phi) is 6.25. The van der Waals surface area contributed by atoms with Crippen molar-refractivity contribution in [2.24, 2.45) is 0 Å². The standard InChI is InChI=1S/C48H31N/c1-3-10-32(11-4-1)34-18-22-36(23-19-34)39-28-40(37-24-20-35(21-25-37)33-12-5-2-6-13-33)30-41(29-39)38-26-27-47-45(31-38)44-16-9-15-43-42-14-7-8-17-46(42)49(47)48(43)44/h1-31H. The van der Waals surface area contributed by atoms with E-state index in [1.165, 1.54) is 93.7 Å². The number of fused-ring (bicyclic) bond motifs is 6. The predicted molar refractivity (Wildman–Crippen MR) is 208 cm³/mol. The smallest absolute Gasteiger partial charge is 0.0620 e. The van der Waals surface area contributed by atoms with Crippen LogP contribution in [0.5, 0.6) is 0 Å². The second-order valence-electron chi connectivity index (χ2n) is 13.0. The van der Waals surface area contributed by atoms with Crippen LogP contribution in [-0.2, 0) is 0 Å². The topological polar surface area (TPSA) is 4.41 Å². The molecule has 0 aliphatic carbocycles. The zero-order chi connectivity index (χ0) is 32.3. The zero-order valence-electron chi connectivity index (χ0n) is 26.8. The van der Waals surface area contributed by atoms with Crippen molar-refractivity contribution < 1.29 is 0 Å². The van der Waals surface area contributed by atoms with Gasteiger partial charge in [0.1, 0.15) is 0 Å². The van der Waals surface area contributed by atoms with Crippen LogP contribution in [0.25, 0.3) is 93.7 Å². The quantitative estimate of drug-likeness (QED) is 0.180. The van der Waals surface area contributed by atoms with Crippen molar-refractivity contribution in [1.82, 2.24) is 4.40 Å². The molecule has 228 valence electrons. The van der Waals surface area contributed by atoms with Crippen LogP contribution >= 0.6 is 0 Å². The predicted octanol–water partition coefficient (Wildman–Crippen LogP) is 13.2. The van der Waals surface area contributed by atoms with Crippen LogP contribution in [0, 0.1) is 0 Å². The van der Waals surface area contributed by atoms with E-state index in [2.05, 4.69) is 192 Å². The number of rotatable bonds is 5. The third-order valence-electron chi connectivity index (χ3n) is 10.1. The number of nitrogens with zero attached hydrogens (tertiary/aromatic N) is 1. The molecule has 0 saturated heterocycles. The van der Waals surface area contributed by atoms with Crippen molar-refractivity contribution in [3.05, 3.63) is 188 Å². The van der Waals surface area contributed by atoms with Crippen LogP contribution in [0.4, 0.5) is 0 Å². The Labute approximate surface area is 285 Å². The summed E-state index contributed by atoms with van der Waals surface area (Å²) in [5.74, 6) is 0. The van der Waals surface area contributed by atoms with Crippen LogP contribution in [-0.4, -0.2) is 4.40 Å². The highest BCUT2D eigenvalue weighted by molar-refractivity contribution is 6.23. The Morgan fingerprint density at radius 2 is 0.612 bits per heavy atom. The van der Waals surface area contributed by atoms with E-state index in [1.807, 2.05) is 0 Å². The molecule has 0 unspecified atom stereocenters. The van der Waals surface area contributed by atoms with Crippen molar-refractivity contribution in [2.75, 3.05) is 0 Å². The summed E-state index contributed by atoms with van der Waals surface area (Å²) in [5.41, 5.74) is 16.0. The number of para-hydroxylation sites is 2. The fourth-order valence-electron chi connectivity index (χ4n) is 7.71. The Bertz CT molecular complexity index is 2670. The summed E-state index contributed by atoms with van der Waals surface area (Å²) >= 11 is 0. The van der Waals surface area contributed by atoms with Crippen molar-refractivity contribution in [3.8, 4) is 55.6 Å². The fourth-order valence-corrected chi connectivity index (χ4v) is 7.71. The summed E-state index contributed by atoms with van der Waals surface area (Å²) in [6.45, 7) is 0. The van der Waals surface area contributed by atoms with Crippen molar-refractivity contribution in [2.45, 2.75) is 0 Å². The number of hydrogen-bond donors (Lipinski definition) is 0. The third kappa shape index (κ3) is 4.55. The molecule has 0 fully saturated rings. The first kappa shape index (κ1) is 27.7. The van der Waals surface area contributed by atoms with E-state index in [9.17, 15) is 0 Å². The molecule has 1 heteroatoms. The van der Waals surface area contributed by atoms with Gasteiger partial charge in [-0.05, 0) is 92.0 Å². The molecule has 0 aliphatic rings. The van der Waals surface area contributed by atoms with Gasteiger partial charge in [-0.25, -0.2) is 0 Å². The molecule has 2 aromatic heterocycles. The van der Waals surface area contributed by atoms with Gasteiger partial charge >= 0.3 is 0 Å². The number of hydrogen-bond acceptors (Lipinski definition) is 0. The Hall–Kier alpha value is -6.44. The van der Waals surface area contributed by atoms with E-state index in [0.717, 1.165) is 0 Å². The van der Waals surface area contributed by atoms with E-state index < -0.39 is 0 Å². The van der Waals surface area contributed by atoms with Crippen LogP contribution in [0.3, 0.4) is 0 Å². The number of aromatic nitrogens is 1. The Balaban J connectivity index is 1.14. The molecule has 0 aliphatic heterocycles. The maximum atomic E-state index is 2.45. The zero-order valence-corrected chi connectivity index (χ0v) is 26.8. The second kappa shape index (κ2) is 11.1. The van der Waals surface area contributed by atoms with Gasteiger partial charge in [0.25, 0.3) is 0 Å². The van der Waals surface area contributed by atoms with Crippen LogP contribution in [0.2, 0.25) is 0 Å². The Morgan fingerprint density at radius 1 is 0.224 bits per heavy atom. The molecule has 2 heterocycles. The lowest BCUT2D eigenvalue weighted by Gasteiger charge is -2.13. The highest BCUT2D eigenvalue weighted by Gasteiger charge is 2.18. The van der Waals surface area contributed by atoms with Gasteiger partial charge in [0, 0.05) is 21.5 Å². The average Bonchev–Trinajstić information content (AvgIpc) is 3.71. The minimum Gasteiger partial charge on any atom is -0.308 e. The molecule has 0 N–H and O–H groups in total. The first-order chi connectivity index (χ1) is 24.3. The van der Waals surface area contributed by atoms with Crippen molar-refractivity contribution in [1.29, 1.82) is 0 Å². The molecule has 1 nitrogen and oxygen atoms in total. The summed E-state index contributed by atoms with van der Waals surface area (Å²) in [7, 11) is 0. The molecule has 10 aromatic rings. The second-order valence-corrected chi connectivity index (χ2v) is 13.0. The van der Waals surface area contributed by atoms with E-state index in [1.54, 1.807) is 0 Å². The third-order valence-corrected chi connectivity index (χ3v) is 10.1. The molecule has 8 aromatic carbocycles. The van der Waals surface area contributed by atoms with Crippen LogP contribution < -0.4 is 0 Å². The minimum absolute atomic E-state index is 1.21. The molecule has 0 amide bonds. The van der Waals surface area contributed by atoms with Gasteiger partial charge in [-0.3, -0.25) is 0 Å². The highest BCUT2D eigenvalue weighted by Crippen LogP contribution is 2.41. The normalized spacial score (nSPS) is 11.7. The lowest BCUT2D eigenvalue weighted by molar-refractivity contribution is 1.37. The summed E-state index contributed by atoms with van der Waals surface area (Å²) < 4.78 is 2.45. The SMILES string of the molecule is c1ccc(-c2ccc(-c3cc(-c4ccc(-c5ccccc5)cc4)cc(-c4ccc5c(c4)c4cccc6c7ccccc7n5c64)c3)cc2)cc1. The van der Waals surface area contributed by atoms with Gasteiger partial charge in [0.05, 0.1) is 16.6 Å². The van der Waals surface area contributed by atoms with Crippen molar-refractivity contribution in [3.63, 3.8) is 0 Å². The van der Waals surface area contributed by atoms with Gasteiger partial charge in [-0.15, -0.1) is 0 Å². The summed E-state index contributed by atoms with van der Waals surface area (Å²) in [4.78, 5) is 0. The monoisotopic (exact) mass is 621 g/mol. The molecular formula is C48H31N.